The molecule has 2 rings (SSSR count). The minimum Gasteiger partial charge on any atom is -0.376 e. The van der Waals surface area contributed by atoms with Gasteiger partial charge in [0, 0.05) is 0 Å². The zero-order valence-corrected chi connectivity index (χ0v) is 14.4. The van der Waals surface area contributed by atoms with Crippen LogP contribution < -0.4 is 0 Å². The van der Waals surface area contributed by atoms with Gasteiger partial charge in [0.15, 0.2) is 0 Å². The average Bonchev–Trinajstić information content (AvgIpc) is 2.46. The molecule has 112 valence electrons. The lowest BCUT2D eigenvalue weighted by atomic mass is 9.89. The van der Waals surface area contributed by atoms with E-state index in [2.05, 4.69) is 61.8 Å². The molecule has 1 aliphatic heterocycles. The predicted octanol–water partition coefficient (Wildman–Crippen LogP) is 4.78. The molecule has 0 radical (unpaired) electrons. The maximum atomic E-state index is 5.83. The van der Waals surface area contributed by atoms with Crippen LogP contribution in [0.3, 0.4) is 0 Å². The van der Waals surface area contributed by atoms with Crippen molar-refractivity contribution < 1.29 is 9.47 Å². The molecule has 2 unspecified atom stereocenters. The quantitative estimate of drug-likeness (QED) is 0.734. The zero-order valence-electron chi connectivity index (χ0n) is 12.9. The van der Waals surface area contributed by atoms with Crippen molar-refractivity contribution in [1.29, 1.82) is 0 Å². The largest absolute Gasteiger partial charge is 0.376 e. The Morgan fingerprint density at radius 1 is 1.05 bits per heavy atom. The van der Waals surface area contributed by atoms with Gasteiger partial charge >= 0.3 is 0 Å². The lowest BCUT2D eigenvalue weighted by molar-refractivity contribution is -0.0877. The summed E-state index contributed by atoms with van der Waals surface area (Å²) in [7, 11) is 0. The average molecular weight is 341 g/mol. The van der Waals surface area contributed by atoms with Gasteiger partial charge in [-0.3, -0.25) is 0 Å². The summed E-state index contributed by atoms with van der Waals surface area (Å²) in [5, 5.41) is 0. The van der Waals surface area contributed by atoms with Crippen molar-refractivity contribution in [2.75, 3.05) is 19.8 Å². The van der Waals surface area contributed by atoms with Crippen molar-refractivity contribution in [3.05, 3.63) is 34.9 Å². The molecule has 1 aliphatic rings. The van der Waals surface area contributed by atoms with E-state index in [9.17, 15) is 0 Å². The van der Waals surface area contributed by atoms with Gasteiger partial charge in [0.2, 0.25) is 0 Å². The molecule has 0 N–H and O–H groups in total. The van der Waals surface area contributed by atoms with Gasteiger partial charge in [0.1, 0.15) is 0 Å². The summed E-state index contributed by atoms with van der Waals surface area (Å²) in [6.45, 7) is 11.0. The number of hydrogen-bond acceptors (Lipinski definition) is 2. The highest BCUT2D eigenvalue weighted by Gasteiger charge is 2.27. The van der Waals surface area contributed by atoms with E-state index in [1.54, 1.807) is 0 Å². The fourth-order valence-electron chi connectivity index (χ4n) is 2.58. The number of alkyl halides is 1. The monoisotopic (exact) mass is 340 g/mol. The Kier molecular flexibility index (Phi) is 5.65. The standard InChI is InChI=1S/C17H25BrO2/c1-11(2)13-5-6-14(15(9-13)12(3)4)17(18)16-10-19-7-8-20-16/h5-6,9,11-12,16-17H,7-8,10H2,1-4H3. The van der Waals surface area contributed by atoms with E-state index in [4.69, 9.17) is 9.47 Å². The maximum Gasteiger partial charge on any atom is 0.0975 e. The van der Waals surface area contributed by atoms with Crippen LogP contribution >= 0.6 is 15.9 Å². The van der Waals surface area contributed by atoms with E-state index in [0.29, 0.717) is 31.7 Å². The second-order valence-corrected chi connectivity index (χ2v) is 7.07. The molecule has 20 heavy (non-hydrogen) atoms. The maximum absolute atomic E-state index is 5.83. The van der Waals surface area contributed by atoms with Gasteiger partial charge in [-0.2, -0.15) is 0 Å². The number of halogens is 1. The molecule has 1 saturated heterocycles. The third-order valence-electron chi connectivity index (χ3n) is 3.86. The van der Waals surface area contributed by atoms with Crippen LogP contribution in [0.2, 0.25) is 0 Å². The third-order valence-corrected chi connectivity index (χ3v) is 4.95. The minimum atomic E-state index is 0.103. The van der Waals surface area contributed by atoms with Crippen molar-refractivity contribution in [3.8, 4) is 0 Å². The summed E-state index contributed by atoms with van der Waals surface area (Å²) in [6.07, 6.45) is 0.103. The Hall–Kier alpha value is -0.380. The van der Waals surface area contributed by atoms with Crippen molar-refractivity contribution in [2.45, 2.75) is 50.5 Å². The second-order valence-electron chi connectivity index (χ2n) is 6.08. The molecule has 2 atom stereocenters. The summed E-state index contributed by atoms with van der Waals surface area (Å²) >= 11 is 3.82. The van der Waals surface area contributed by atoms with E-state index in [-0.39, 0.29) is 10.9 Å². The summed E-state index contributed by atoms with van der Waals surface area (Å²) < 4.78 is 11.4. The highest BCUT2D eigenvalue weighted by atomic mass is 79.9. The fraction of sp³-hybridized carbons (Fsp3) is 0.647. The van der Waals surface area contributed by atoms with Gasteiger partial charge in [-0.05, 0) is 28.5 Å². The molecule has 1 fully saturated rings. The topological polar surface area (TPSA) is 18.5 Å². The van der Waals surface area contributed by atoms with Crippen molar-refractivity contribution in [3.63, 3.8) is 0 Å². The number of rotatable bonds is 4. The Morgan fingerprint density at radius 2 is 1.80 bits per heavy atom. The molecular formula is C17H25BrO2. The molecule has 0 spiro atoms. The first kappa shape index (κ1) is 16.0. The Balaban J connectivity index is 2.29. The molecule has 1 aromatic carbocycles. The lowest BCUT2D eigenvalue weighted by Gasteiger charge is -2.29. The minimum absolute atomic E-state index is 0.103. The second kappa shape index (κ2) is 7.06. The van der Waals surface area contributed by atoms with E-state index in [0.717, 1.165) is 0 Å². The molecular weight excluding hydrogens is 316 g/mol. The van der Waals surface area contributed by atoms with Gasteiger partial charge < -0.3 is 9.47 Å². The summed E-state index contributed by atoms with van der Waals surface area (Å²) in [6, 6.07) is 6.84. The van der Waals surface area contributed by atoms with Gasteiger partial charge in [-0.15, -0.1) is 0 Å². The highest BCUT2D eigenvalue weighted by Crippen LogP contribution is 2.36. The van der Waals surface area contributed by atoms with E-state index < -0.39 is 0 Å². The van der Waals surface area contributed by atoms with E-state index >= 15 is 0 Å². The van der Waals surface area contributed by atoms with E-state index in [1.807, 2.05) is 0 Å². The van der Waals surface area contributed by atoms with Gasteiger partial charge in [-0.1, -0.05) is 61.8 Å². The Labute approximate surface area is 131 Å². The molecule has 0 aromatic heterocycles. The normalized spacial score (nSPS) is 21.4. The zero-order chi connectivity index (χ0) is 14.7. The van der Waals surface area contributed by atoms with Crippen LogP contribution in [0.5, 0.6) is 0 Å². The number of hydrogen-bond donors (Lipinski definition) is 0. The molecule has 3 heteroatoms. The van der Waals surface area contributed by atoms with Crippen molar-refractivity contribution in [1.82, 2.24) is 0 Å². The first-order chi connectivity index (χ1) is 9.50. The molecule has 1 aromatic rings. The van der Waals surface area contributed by atoms with Crippen molar-refractivity contribution in [2.24, 2.45) is 0 Å². The van der Waals surface area contributed by atoms with Crippen LogP contribution in [0.15, 0.2) is 18.2 Å². The predicted molar refractivity (Wildman–Crippen MR) is 86.8 cm³/mol. The molecule has 0 saturated carbocycles. The fourth-order valence-corrected chi connectivity index (χ4v) is 3.30. The SMILES string of the molecule is CC(C)c1ccc(C(Br)C2COCCO2)c(C(C)C)c1. The van der Waals surface area contributed by atoms with E-state index in [1.165, 1.54) is 16.7 Å². The van der Waals surface area contributed by atoms with Crippen LogP contribution in [0.25, 0.3) is 0 Å². The summed E-state index contributed by atoms with van der Waals surface area (Å²) in [5.41, 5.74) is 4.14. The van der Waals surface area contributed by atoms with Gasteiger partial charge in [0.25, 0.3) is 0 Å². The first-order valence-electron chi connectivity index (χ1n) is 7.47. The van der Waals surface area contributed by atoms with Crippen LogP contribution in [0.1, 0.15) is 61.0 Å². The molecule has 0 bridgehead atoms. The molecule has 2 nitrogen and oxygen atoms in total. The van der Waals surface area contributed by atoms with Crippen LogP contribution in [-0.2, 0) is 9.47 Å². The number of ether oxygens (including phenoxy) is 2. The summed E-state index contributed by atoms with van der Waals surface area (Å²) in [5.74, 6) is 1.07. The molecule has 0 amide bonds. The molecule has 1 heterocycles. The number of benzene rings is 1. The third kappa shape index (κ3) is 3.63. The highest BCUT2D eigenvalue weighted by molar-refractivity contribution is 9.09. The smallest absolute Gasteiger partial charge is 0.0975 e. The van der Waals surface area contributed by atoms with Gasteiger partial charge in [0.05, 0.1) is 30.8 Å². The Bertz CT molecular complexity index is 437. The molecule has 0 aliphatic carbocycles. The van der Waals surface area contributed by atoms with Crippen molar-refractivity contribution >= 4 is 15.9 Å². The van der Waals surface area contributed by atoms with Gasteiger partial charge in [-0.25, -0.2) is 0 Å². The Morgan fingerprint density at radius 3 is 2.35 bits per heavy atom. The summed E-state index contributed by atoms with van der Waals surface area (Å²) in [4.78, 5) is 0.196. The van der Waals surface area contributed by atoms with Crippen LogP contribution in [0.4, 0.5) is 0 Å². The van der Waals surface area contributed by atoms with Crippen LogP contribution in [0, 0.1) is 0 Å². The first-order valence-corrected chi connectivity index (χ1v) is 8.39. The van der Waals surface area contributed by atoms with Crippen LogP contribution in [-0.4, -0.2) is 25.9 Å². The lowest BCUT2D eigenvalue weighted by Crippen LogP contribution is -2.32.